The van der Waals surface area contributed by atoms with Gasteiger partial charge in [0.15, 0.2) is 0 Å². The molecule has 2 aromatic rings. The zero-order valence-corrected chi connectivity index (χ0v) is 26.3. The average molecular weight is 619 g/mol. The van der Waals surface area contributed by atoms with Gasteiger partial charge in [0.05, 0.1) is 12.1 Å². The first-order valence-electron chi connectivity index (χ1n) is 13.8. The van der Waals surface area contributed by atoms with E-state index in [-0.39, 0.29) is 12.8 Å². The second-order valence-corrected chi connectivity index (χ2v) is 14.5. The Kier molecular flexibility index (Phi) is 12.2. The second-order valence-electron chi connectivity index (χ2n) is 12.2. The Labute approximate surface area is 252 Å². The van der Waals surface area contributed by atoms with Crippen LogP contribution in [-0.4, -0.2) is 63.5 Å². The molecule has 13 heteroatoms. The number of rotatable bonds is 12. The molecule has 2 rings (SSSR count). The standard InChI is InChI=1S/C30H43N4O8P/c1-29(2,3)41-27(37)25(33-23(35)21(31)17-19-13-9-7-10-14-19)43(39,40)26(28(38)42-30(4,5)6)34-24(36)22(32)18-20-15-11-8-12-16-20/h7-16,21-22,25-26H,17-18,31-32H2,1-6H3,(H,33,35)(H,34,36)(H,39,40)/t21-,22-,25?,26?/m0/s1. The third-order valence-corrected chi connectivity index (χ3v) is 7.99. The molecule has 0 saturated heterocycles. The minimum absolute atomic E-state index is 0.0456. The maximum absolute atomic E-state index is 14.1. The quantitative estimate of drug-likeness (QED) is 0.173. The summed E-state index contributed by atoms with van der Waals surface area (Å²) < 4.78 is 24.8. The number of carbonyl (C=O) groups excluding carboxylic acids is 4. The molecule has 7 N–H and O–H groups in total. The van der Waals surface area contributed by atoms with Crippen molar-refractivity contribution in [3.05, 3.63) is 71.8 Å². The Bertz CT molecular complexity index is 1210. The maximum atomic E-state index is 14.1. The molecule has 0 heterocycles. The molecule has 0 radical (unpaired) electrons. The van der Waals surface area contributed by atoms with Crippen molar-refractivity contribution in [2.24, 2.45) is 11.5 Å². The number of amides is 2. The van der Waals surface area contributed by atoms with Crippen LogP contribution in [0.1, 0.15) is 52.7 Å². The van der Waals surface area contributed by atoms with Gasteiger partial charge in [0.25, 0.3) is 7.37 Å². The smallest absolute Gasteiger partial charge is 0.339 e. The minimum Gasteiger partial charge on any atom is -0.458 e. The van der Waals surface area contributed by atoms with Crippen LogP contribution in [0, 0.1) is 0 Å². The van der Waals surface area contributed by atoms with Gasteiger partial charge in [-0.3, -0.25) is 14.2 Å². The predicted molar refractivity (Wildman–Crippen MR) is 162 cm³/mol. The average Bonchev–Trinajstić information content (AvgIpc) is 2.88. The van der Waals surface area contributed by atoms with Crippen LogP contribution in [0.5, 0.6) is 0 Å². The number of nitrogens with two attached hydrogens (primary N) is 2. The SMILES string of the molecule is CC(C)(C)OC(=O)C(NC(=O)[C@@H](N)Cc1ccccc1)P(=O)(O)C(NC(=O)[C@@H](N)Cc1ccccc1)C(=O)OC(C)(C)C. The normalized spacial score (nSPS) is 16.0. The molecule has 2 aromatic carbocycles. The maximum Gasteiger partial charge on any atom is 0.339 e. The summed E-state index contributed by atoms with van der Waals surface area (Å²) in [6, 6.07) is 15.1. The molecule has 43 heavy (non-hydrogen) atoms. The largest absolute Gasteiger partial charge is 0.458 e. The van der Waals surface area contributed by atoms with Gasteiger partial charge in [-0.15, -0.1) is 0 Å². The van der Waals surface area contributed by atoms with Gasteiger partial charge in [-0.2, -0.15) is 0 Å². The monoisotopic (exact) mass is 618 g/mol. The topological polar surface area (TPSA) is 200 Å². The lowest BCUT2D eigenvalue weighted by Gasteiger charge is -2.33. The lowest BCUT2D eigenvalue weighted by atomic mass is 10.1. The zero-order chi connectivity index (χ0) is 32.6. The first kappa shape index (κ1) is 35.6. The minimum atomic E-state index is -5.27. The number of benzene rings is 2. The van der Waals surface area contributed by atoms with E-state index in [1.165, 1.54) is 41.5 Å². The van der Waals surface area contributed by atoms with Gasteiger partial charge in [0.1, 0.15) is 11.2 Å². The molecule has 2 amide bonds. The highest BCUT2D eigenvalue weighted by Gasteiger charge is 2.52. The van der Waals surface area contributed by atoms with Crippen LogP contribution in [0.4, 0.5) is 0 Å². The number of hydrogen-bond acceptors (Lipinski definition) is 9. The zero-order valence-electron chi connectivity index (χ0n) is 25.4. The van der Waals surface area contributed by atoms with Crippen molar-refractivity contribution >= 4 is 31.1 Å². The third-order valence-electron chi connectivity index (χ3n) is 5.83. The molecular weight excluding hydrogens is 575 g/mol. The van der Waals surface area contributed by atoms with Crippen LogP contribution in [0.3, 0.4) is 0 Å². The van der Waals surface area contributed by atoms with E-state index in [4.69, 9.17) is 20.9 Å². The molecule has 0 fully saturated rings. The highest BCUT2D eigenvalue weighted by atomic mass is 31.2. The highest BCUT2D eigenvalue weighted by molar-refractivity contribution is 7.61. The summed E-state index contributed by atoms with van der Waals surface area (Å²) in [6.45, 7) is 9.10. The third kappa shape index (κ3) is 11.6. The molecule has 4 atom stereocenters. The van der Waals surface area contributed by atoms with Crippen molar-refractivity contribution in [2.45, 2.75) is 89.2 Å². The second kappa shape index (κ2) is 14.7. The molecule has 0 spiro atoms. The van der Waals surface area contributed by atoms with Crippen LogP contribution in [0.15, 0.2) is 60.7 Å². The Morgan fingerprint density at radius 2 is 1.00 bits per heavy atom. The summed E-state index contributed by atoms with van der Waals surface area (Å²) in [6.07, 6.45) is 0.0913. The number of carbonyl (C=O) groups is 4. The number of nitrogens with one attached hydrogen (secondary N) is 2. The molecule has 0 saturated carbocycles. The molecule has 0 aliphatic heterocycles. The van der Waals surface area contributed by atoms with Crippen LogP contribution < -0.4 is 22.1 Å². The molecule has 0 aromatic heterocycles. The van der Waals surface area contributed by atoms with Crippen LogP contribution in [0.25, 0.3) is 0 Å². The molecule has 2 unspecified atom stereocenters. The number of ether oxygens (including phenoxy) is 2. The van der Waals surface area contributed by atoms with E-state index in [1.54, 1.807) is 60.7 Å². The van der Waals surface area contributed by atoms with Crippen LogP contribution in [0.2, 0.25) is 0 Å². The molecule has 0 bridgehead atoms. The van der Waals surface area contributed by atoms with E-state index in [1.807, 2.05) is 0 Å². The van der Waals surface area contributed by atoms with E-state index in [9.17, 15) is 28.6 Å². The van der Waals surface area contributed by atoms with E-state index in [0.29, 0.717) is 11.1 Å². The van der Waals surface area contributed by atoms with Gasteiger partial charge in [-0.05, 0) is 65.5 Å². The fourth-order valence-electron chi connectivity index (χ4n) is 3.87. The van der Waals surface area contributed by atoms with Gasteiger partial charge in [0, 0.05) is 0 Å². The van der Waals surface area contributed by atoms with Gasteiger partial charge >= 0.3 is 11.9 Å². The van der Waals surface area contributed by atoms with Gasteiger partial charge < -0.3 is 36.5 Å². The van der Waals surface area contributed by atoms with Crippen molar-refractivity contribution in [1.29, 1.82) is 0 Å². The van der Waals surface area contributed by atoms with Crippen molar-refractivity contribution in [3.63, 3.8) is 0 Å². The van der Waals surface area contributed by atoms with Crippen LogP contribution in [-0.2, 0) is 46.1 Å². The summed E-state index contributed by atoms with van der Waals surface area (Å²) in [5, 5.41) is 4.40. The molecule has 12 nitrogen and oxygen atoms in total. The highest BCUT2D eigenvalue weighted by Crippen LogP contribution is 2.50. The van der Waals surface area contributed by atoms with E-state index in [0.717, 1.165) is 0 Å². The Morgan fingerprint density at radius 1 is 0.698 bits per heavy atom. The predicted octanol–water partition coefficient (Wildman–Crippen LogP) is 1.96. The molecule has 236 valence electrons. The summed E-state index contributed by atoms with van der Waals surface area (Å²) >= 11 is 0. The van der Waals surface area contributed by atoms with Gasteiger partial charge in [-0.25, -0.2) is 9.59 Å². The first-order valence-corrected chi connectivity index (χ1v) is 15.6. The summed E-state index contributed by atoms with van der Waals surface area (Å²) in [5.74, 6) is -9.11. The number of hydrogen-bond donors (Lipinski definition) is 5. The Balaban J connectivity index is 2.45. The number of esters is 2. The fourth-order valence-corrected chi connectivity index (χ4v) is 5.51. The first-order chi connectivity index (χ1) is 19.8. The Morgan fingerprint density at radius 3 is 1.28 bits per heavy atom. The lowest BCUT2D eigenvalue weighted by molar-refractivity contribution is -0.157. The van der Waals surface area contributed by atoms with E-state index >= 15 is 0 Å². The molecular formula is C30H43N4O8P. The summed E-state index contributed by atoms with van der Waals surface area (Å²) in [5.41, 5.74) is 11.3. The van der Waals surface area contributed by atoms with Crippen molar-refractivity contribution < 1.29 is 38.1 Å². The summed E-state index contributed by atoms with van der Waals surface area (Å²) in [4.78, 5) is 64.3. The summed E-state index contributed by atoms with van der Waals surface area (Å²) in [7, 11) is -5.27. The van der Waals surface area contributed by atoms with Gasteiger partial charge in [0.2, 0.25) is 23.4 Å². The lowest BCUT2D eigenvalue weighted by Crippen LogP contribution is -2.56. The molecule has 0 aliphatic carbocycles. The van der Waals surface area contributed by atoms with Crippen molar-refractivity contribution in [3.8, 4) is 0 Å². The van der Waals surface area contributed by atoms with Crippen molar-refractivity contribution in [1.82, 2.24) is 10.6 Å². The Hall–Kier alpha value is -3.57. The van der Waals surface area contributed by atoms with Gasteiger partial charge in [-0.1, -0.05) is 60.7 Å². The van der Waals surface area contributed by atoms with E-state index in [2.05, 4.69) is 10.6 Å². The van der Waals surface area contributed by atoms with E-state index < -0.39 is 66.0 Å². The van der Waals surface area contributed by atoms with Crippen molar-refractivity contribution in [2.75, 3.05) is 0 Å². The fraction of sp³-hybridized carbons (Fsp3) is 0.467. The molecule has 0 aliphatic rings. The van der Waals surface area contributed by atoms with Crippen LogP contribution >= 0.6 is 7.37 Å².